The second-order valence-corrected chi connectivity index (χ2v) is 6.30. The topological polar surface area (TPSA) is 131 Å². The van der Waals surface area contributed by atoms with E-state index in [0.717, 1.165) is 50.3 Å². The maximum absolute atomic E-state index is 11.1. The average molecular weight is 334 g/mol. The van der Waals surface area contributed by atoms with Gasteiger partial charge in [-0.2, -0.15) is 5.10 Å². The highest BCUT2D eigenvalue weighted by Crippen LogP contribution is 2.49. The molecule has 128 valence electrons. The van der Waals surface area contributed by atoms with E-state index in [2.05, 4.69) is 10.5 Å². The van der Waals surface area contributed by atoms with Crippen molar-refractivity contribution >= 4 is 22.8 Å². The Morgan fingerprint density at radius 1 is 1.21 bits per heavy atom. The predicted octanol–water partition coefficient (Wildman–Crippen LogP) is 2.99. The third-order valence-electron chi connectivity index (χ3n) is 5.05. The van der Waals surface area contributed by atoms with Crippen molar-refractivity contribution in [1.29, 1.82) is 0 Å². The molecule has 2 fully saturated rings. The van der Waals surface area contributed by atoms with E-state index < -0.39 is 21.6 Å². The minimum absolute atomic E-state index is 0.104. The van der Waals surface area contributed by atoms with Crippen molar-refractivity contribution < 1.29 is 15.0 Å². The summed E-state index contributed by atoms with van der Waals surface area (Å²) in [4.78, 5) is 20.6. The van der Waals surface area contributed by atoms with Gasteiger partial charge in [-0.1, -0.05) is 0 Å². The fourth-order valence-electron chi connectivity index (χ4n) is 3.82. The van der Waals surface area contributed by atoms with Gasteiger partial charge in [0.05, 0.1) is 22.0 Å². The number of nitro groups is 2. The highest BCUT2D eigenvalue weighted by molar-refractivity contribution is 5.93. The molecule has 0 amide bonds. The van der Waals surface area contributed by atoms with Gasteiger partial charge < -0.3 is 5.11 Å². The molecule has 0 bridgehead atoms. The van der Waals surface area contributed by atoms with E-state index in [1.807, 2.05) is 0 Å². The summed E-state index contributed by atoms with van der Waals surface area (Å²) in [6.07, 6.45) is 4.68. The summed E-state index contributed by atoms with van der Waals surface area (Å²) in [6, 6.07) is 3.40. The maximum Gasteiger partial charge on any atom is 0.301 e. The van der Waals surface area contributed by atoms with Gasteiger partial charge in [0, 0.05) is 17.2 Å². The van der Waals surface area contributed by atoms with Crippen LogP contribution in [0.1, 0.15) is 38.5 Å². The van der Waals surface area contributed by atoms with E-state index in [0.29, 0.717) is 0 Å². The minimum Gasteiger partial charge on any atom is -0.392 e. The number of rotatable bonds is 4. The van der Waals surface area contributed by atoms with Gasteiger partial charge >= 0.3 is 5.69 Å². The first-order valence-electron chi connectivity index (χ1n) is 7.88. The fraction of sp³-hybridized carbons (Fsp3) is 0.533. The highest BCUT2D eigenvalue weighted by atomic mass is 16.6. The van der Waals surface area contributed by atoms with Crippen molar-refractivity contribution in [3.8, 4) is 0 Å². The number of nitro benzene ring substituents is 2. The summed E-state index contributed by atoms with van der Waals surface area (Å²) in [6.45, 7) is 0. The molecule has 2 N–H and O–H groups in total. The van der Waals surface area contributed by atoms with Crippen LogP contribution >= 0.6 is 0 Å². The molecule has 9 heteroatoms. The molecule has 0 radical (unpaired) electrons. The first-order chi connectivity index (χ1) is 11.4. The smallest absolute Gasteiger partial charge is 0.301 e. The number of non-ortho nitro benzene ring substituents is 1. The molecule has 0 heterocycles. The predicted molar refractivity (Wildman–Crippen MR) is 87.0 cm³/mol. The van der Waals surface area contributed by atoms with Crippen LogP contribution in [0, 0.1) is 25.6 Å². The van der Waals surface area contributed by atoms with Gasteiger partial charge in [-0.05, 0) is 44.6 Å². The zero-order chi connectivity index (χ0) is 17.3. The zero-order valence-electron chi connectivity index (χ0n) is 13.0. The number of anilines is 1. The standard InChI is InChI=1S/C15H18N4O5/c20-14-4-2-8-15(14)7-1-3-13(15)17-16-11-6-5-10(18(21)22)9-12(11)19(23)24/h5-6,9,14,16,20H,1-4,7-8H2/b17-13-/t14-,15+/m1/s1. The molecule has 2 aliphatic rings. The number of nitrogens with one attached hydrogen (secondary N) is 1. The van der Waals surface area contributed by atoms with Gasteiger partial charge in [0.25, 0.3) is 5.69 Å². The van der Waals surface area contributed by atoms with Gasteiger partial charge in [-0.25, -0.2) is 0 Å². The van der Waals surface area contributed by atoms with Gasteiger partial charge in [0.2, 0.25) is 0 Å². The highest BCUT2D eigenvalue weighted by Gasteiger charge is 2.48. The van der Waals surface area contributed by atoms with Crippen molar-refractivity contribution in [2.24, 2.45) is 10.5 Å². The van der Waals surface area contributed by atoms with E-state index in [-0.39, 0.29) is 16.8 Å². The quantitative estimate of drug-likeness (QED) is 0.643. The van der Waals surface area contributed by atoms with E-state index >= 15 is 0 Å². The average Bonchev–Trinajstić information content (AvgIpc) is 3.12. The van der Waals surface area contributed by atoms with Crippen LogP contribution in [-0.4, -0.2) is 26.8 Å². The first-order valence-corrected chi connectivity index (χ1v) is 7.88. The van der Waals surface area contributed by atoms with Crippen molar-refractivity contribution in [2.45, 2.75) is 44.6 Å². The third kappa shape index (κ3) is 2.71. The summed E-state index contributed by atoms with van der Waals surface area (Å²) in [5.41, 5.74) is 2.57. The van der Waals surface area contributed by atoms with E-state index in [1.165, 1.54) is 12.1 Å². The molecule has 2 atom stereocenters. The Bertz CT molecular complexity index is 716. The van der Waals surface area contributed by atoms with Crippen molar-refractivity contribution in [1.82, 2.24) is 0 Å². The van der Waals surface area contributed by atoms with E-state index in [9.17, 15) is 25.3 Å². The van der Waals surface area contributed by atoms with Gasteiger partial charge in [-0.15, -0.1) is 0 Å². The molecule has 0 aliphatic heterocycles. The van der Waals surface area contributed by atoms with Gasteiger partial charge in [-0.3, -0.25) is 25.7 Å². The number of hydrazone groups is 1. The van der Waals surface area contributed by atoms with Crippen LogP contribution in [0.2, 0.25) is 0 Å². The Kier molecular flexibility index (Phi) is 4.18. The van der Waals surface area contributed by atoms with Crippen LogP contribution in [0.3, 0.4) is 0 Å². The number of benzene rings is 1. The van der Waals surface area contributed by atoms with Crippen molar-refractivity contribution in [3.05, 3.63) is 38.4 Å². The zero-order valence-corrected chi connectivity index (χ0v) is 13.0. The summed E-state index contributed by atoms with van der Waals surface area (Å²) in [7, 11) is 0. The van der Waals surface area contributed by atoms with Crippen LogP contribution in [0.25, 0.3) is 0 Å². The normalized spacial score (nSPS) is 27.7. The maximum atomic E-state index is 11.1. The fourth-order valence-corrected chi connectivity index (χ4v) is 3.82. The van der Waals surface area contributed by atoms with Crippen LogP contribution in [0.5, 0.6) is 0 Å². The van der Waals surface area contributed by atoms with Crippen LogP contribution < -0.4 is 5.43 Å². The SMILES string of the molecule is O=[N+]([O-])c1ccc(N/N=C2/CCC[C@]23CCC[C@H]3O)c([N+](=O)[O-])c1. The number of nitrogens with zero attached hydrogens (tertiary/aromatic N) is 3. The number of aliphatic hydroxyl groups is 1. The third-order valence-corrected chi connectivity index (χ3v) is 5.05. The Hall–Kier alpha value is -2.55. The molecule has 1 aromatic carbocycles. The summed E-state index contributed by atoms with van der Waals surface area (Å²) < 4.78 is 0. The van der Waals surface area contributed by atoms with Crippen molar-refractivity contribution in [2.75, 3.05) is 5.43 Å². The Morgan fingerprint density at radius 3 is 2.58 bits per heavy atom. The first kappa shape index (κ1) is 16.3. The van der Waals surface area contributed by atoms with Gasteiger partial charge in [0.15, 0.2) is 0 Å². The lowest BCUT2D eigenvalue weighted by molar-refractivity contribution is -0.393. The molecule has 1 aromatic rings. The molecule has 9 nitrogen and oxygen atoms in total. The lowest BCUT2D eigenvalue weighted by Crippen LogP contribution is -2.34. The molecule has 0 unspecified atom stereocenters. The van der Waals surface area contributed by atoms with E-state index in [1.54, 1.807) is 0 Å². The van der Waals surface area contributed by atoms with Crippen LogP contribution in [-0.2, 0) is 0 Å². The summed E-state index contributed by atoms with van der Waals surface area (Å²) in [5.74, 6) is 0. The Morgan fingerprint density at radius 2 is 1.96 bits per heavy atom. The summed E-state index contributed by atoms with van der Waals surface area (Å²) in [5, 5.41) is 36.5. The Balaban J connectivity index is 1.88. The minimum atomic E-state index is -0.677. The number of hydrogen-bond acceptors (Lipinski definition) is 7. The van der Waals surface area contributed by atoms with Crippen molar-refractivity contribution in [3.63, 3.8) is 0 Å². The molecular weight excluding hydrogens is 316 g/mol. The number of aliphatic hydroxyl groups excluding tert-OH is 1. The molecule has 0 saturated heterocycles. The molecular formula is C15H18N4O5. The van der Waals surface area contributed by atoms with Crippen LogP contribution in [0.4, 0.5) is 17.1 Å². The largest absolute Gasteiger partial charge is 0.392 e. The number of hydrogen-bond donors (Lipinski definition) is 2. The van der Waals surface area contributed by atoms with Crippen LogP contribution in [0.15, 0.2) is 23.3 Å². The molecule has 1 spiro atoms. The summed E-state index contributed by atoms with van der Waals surface area (Å²) >= 11 is 0. The lowest BCUT2D eigenvalue weighted by Gasteiger charge is -2.28. The monoisotopic (exact) mass is 334 g/mol. The molecule has 2 aliphatic carbocycles. The second-order valence-electron chi connectivity index (χ2n) is 6.30. The lowest BCUT2D eigenvalue weighted by atomic mass is 9.81. The molecule has 2 saturated carbocycles. The molecule has 0 aromatic heterocycles. The molecule has 3 rings (SSSR count). The molecule has 24 heavy (non-hydrogen) atoms. The Labute approximate surface area is 137 Å². The van der Waals surface area contributed by atoms with Gasteiger partial charge in [0.1, 0.15) is 5.69 Å². The second kappa shape index (κ2) is 6.16. The van der Waals surface area contributed by atoms with E-state index in [4.69, 9.17) is 0 Å².